The van der Waals surface area contributed by atoms with E-state index in [1.807, 2.05) is 4.68 Å². The molecule has 0 aliphatic carbocycles. The molecule has 0 bridgehead atoms. The molecule has 1 heterocycles. The second-order valence-electron chi connectivity index (χ2n) is 4.43. The van der Waals surface area contributed by atoms with Gasteiger partial charge in [-0.05, 0) is 16.8 Å². The molecule has 0 saturated heterocycles. The van der Waals surface area contributed by atoms with Crippen molar-refractivity contribution in [2.24, 2.45) is 0 Å². The molecule has 0 saturated carbocycles. The highest BCUT2D eigenvalue weighted by Gasteiger charge is 2.02. The number of aryl methyl sites for hydroxylation is 1. The molecular formula is C12H23ClN4. The van der Waals surface area contributed by atoms with Crippen LogP contribution in [0.5, 0.6) is 0 Å². The lowest BCUT2D eigenvalue weighted by atomic mass is 10.1. The molecule has 0 radical (unpaired) electrons. The maximum atomic E-state index is 5.72. The predicted octanol–water partition coefficient (Wildman–Crippen LogP) is 3.55. The Labute approximate surface area is 109 Å². The van der Waals surface area contributed by atoms with Crippen LogP contribution in [0.4, 0.5) is 0 Å². The number of nitrogens with zero attached hydrogens (tertiary/aromatic N) is 4. The summed E-state index contributed by atoms with van der Waals surface area (Å²) in [5.74, 6) is 1.17. The van der Waals surface area contributed by atoms with Gasteiger partial charge in [0.05, 0.1) is 5.88 Å². The summed E-state index contributed by atoms with van der Waals surface area (Å²) in [6, 6.07) is 0. The predicted molar refractivity (Wildman–Crippen MR) is 70.0 cm³/mol. The molecule has 1 aromatic heterocycles. The van der Waals surface area contributed by atoms with Gasteiger partial charge in [0.1, 0.15) is 0 Å². The minimum atomic E-state index is 0.393. The van der Waals surface area contributed by atoms with E-state index < -0.39 is 0 Å². The monoisotopic (exact) mass is 258 g/mol. The Hall–Kier alpha value is -0.640. The second-order valence-corrected chi connectivity index (χ2v) is 4.69. The van der Waals surface area contributed by atoms with Crippen molar-refractivity contribution in [1.82, 2.24) is 20.2 Å². The van der Waals surface area contributed by atoms with E-state index in [9.17, 15) is 0 Å². The van der Waals surface area contributed by atoms with Crippen molar-refractivity contribution >= 4 is 11.6 Å². The smallest absolute Gasteiger partial charge is 0.165 e. The zero-order chi connectivity index (χ0) is 12.3. The summed E-state index contributed by atoms with van der Waals surface area (Å²) in [5, 5.41) is 11.4. The number of hydrogen-bond acceptors (Lipinski definition) is 3. The maximum Gasteiger partial charge on any atom is 0.165 e. The van der Waals surface area contributed by atoms with Crippen LogP contribution in [0.2, 0.25) is 0 Å². The van der Waals surface area contributed by atoms with E-state index in [2.05, 4.69) is 22.4 Å². The fourth-order valence-electron chi connectivity index (χ4n) is 1.89. The van der Waals surface area contributed by atoms with Gasteiger partial charge in [0, 0.05) is 6.54 Å². The molecule has 0 fully saturated rings. The number of tetrazole rings is 1. The third-order valence-corrected chi connectivity index (χ3v) is 3.19. The molecule has 1 rings (SSSR count). The summed E-state index contributed by atoms with van der Waals surface area (Å²) >= 11 is 5.72. The highest BCUT2D eigenvalue weighted by molar-refractivity contribution is 6.16. The first kappa shape index (κ1) is 14.4. The molecule has 0 aliphatic heterocycles. The highest BCUT2D eigenvalue weighted by Crippen LogP contribution is 2.09. The van der Waals surface area contributed by atoms with Gasteiger partial charge in [-0.1, -0.05) is 51.9 Å². The number of rotatable bonds is 10. The van der Waals surface area contributed by atoms with Crippen LogP contribution in [0.3, 0.4) is 0 Å². The molecule has 17 heavy (non-hydrogen) atoms. The lowest BCUT2D eigenvalue weighted by molar-refractivity contribution is 0.503. The summed E-state index contributed by atoms with van der Waals surface area (Å²) in [4.78, 5) is 0. The van der Waals surface area contributed by atoms with Crippen molar-refractivity contribution in [3.63, 3.8) is 0 Å². The van der Waals surface area contributed by atoms with Crippen molar-refractivity contribution in [1.29, 1.82) is 0 Å². The van der Waals surface area contributed by atoms with Gasteiger partial charge in [-0.2, -0.15) is 0 Å². The van der Waals surface area contributed by atoms with Crippen LogP contribution in [0, 0.1) is 0 Å². The van der Waals surface area contributed by atoms with Crippen LogP contribution >= 0.6 is 11.6 Å². The standard InChI is InChI=1S/C12H23ClN4/c1-2-3-4-5-6-7-8-9-10-17-12(11-13)14-15-16-17/h2-11H2,1H3. The Kier molecular flexibility index (Phi) is 7.97. The average molecular weight is 259 g/mol. The Morgan fingerprint density at radius 3 is 2.29 bits per heavy atom. The SMILES string of the molecule is CCCCCCCCCCn1nnnc1CCl. The van der Waals surface area contributed by atoms with E-state index in [0.717, 1.165) is 18.8 Å². The molecule has 1 aromatic rings. The van der Waals surface area contributed by atoms with Crippen LogP contribution in [0.1, 0.15) is 64.1 Å². The molecule has 0 aliphatic rings. The first-order valence-electron chi connectivity index (χ1n) is 6.69. The highest BCUT2D eigenvalue weighted by atomic mass is 35.5. The molecule has 0 aromatic carbocycles. The summed E-state index contributed by atoms with van der Waals surface area (Å²) < 4.78 is 1.81. The second kappa shape index (κ2) is 9.40. The lowest BCUT2D eigenvalue weighted by Crippen LogP contribution is -2.04. The Bertz CT molecular complexity index is 288. The van der Waals surface area contributed by atoms with Crippen molar-refractivity contribution < 1.29 is 0 Å². The van der Waals surface area contributed by atoms with Crippen LogP contribution in [-0.4, -0.2) is 20.2 Å². The normalized spacial score (nSPS) is 10.9. The van der Waals surface area contributed by atoms with Gasteiger partial charge >= 0.3 is 0 Å². The van der Waals surface area contributed by atoms with Gasteiger partial charge in [0.25, 0.3) is 0 Å². The minimum Gasteiger partial charge on any atom is -0.228 e. The fraction of sp³-hybridized carbons (Fsp3) is 0.917. The quantitative estimate of drug-likeness (QED) is 0.476. The number of hydrogen-bond donors (Lipinski definition) is 0. The van der Waals surface area contributed by atoms with E-state index in [0.29, 0.717) is 5.88 Å². The topological polar surface area (TPSA) is 43.6 Å². The van der Waals surface area contributed by atoms with Crippen molar-refractivity contribution in [2.75, 3.05) is 0 Å². The van der Waals surface area contributed by atoms with Crippen LogP contribution < -0.4 is 0 Å². The number of alkyl halides is 1. The van der Waals surface area contributed by atoms with Gasteiger partial charge in [-0.25, -0.2) is 4.68 Å². The first-order chi connectivity index (χ1) is 8.38. The van der Waals surface area contributed by atoms with E-state index in [1.54, 1.807) is 0 Å². The minimum absolute atomic E-state index is 0.393. The third-order valence-electron chi connectivity index (χ3n) is 2.95. The number of halogens is 1. The van der Waals surface area contributed by atoms with Gasteiger partial charge < -0.3 is 0 Å². The Morgan fingerprint density at radius 2 is 1.65 bits per heavy atom. The van der Waals surface area contributed by atoms with Crippen LogP contribution in [0.15, 0.2) is 0 Å². The van der Waals surface area contributed by atoms with Crippen molar-refractivity contribution in [3.8, 4) is 0 Å². The van der Waals surface area contributed by atoms with Gasteiger partial charge in [-0.3, -0.25) is 0 Å². The van der Waals surface area contributed by atoms with Gasteiger partial charge in [0.15, 0.2) is 5.82 Å². The molecule has 5 heteroatoms. The molecule has 0 unspecified atom stereocenters. The zero-order valence-electron chi connectivity index (χ0n) is 10.7. The average Bonchev–Trinajstić information content (AvgIpc) is 2.80. The summed E-state index contributed by atoms with van der Waals surface area (Å²) in [7, 11) is 0. The van der Waals surface area contributed by atoms with Gasteiger partial charge in [-0.15, -0.1) is 16.7 Å². The van der Waals surface area contributed by atoms with Crippen molar-refractivity contribution in [2.45, 2.75) is 70.7 Å². The largest absolute Gasteiger partial charge is 0.228 e. The van der Waals surface area contributed by atoms with E-state index in [1.165, 1.54) is 44.9 Å². The maximum absolute atomic E-state index is 5.72. The van der Waals surface area contributed by atoms with Crippen LogP contribution in [-0.2, 0) is 12.4 Å². The van der Waals surface area contributed by atoms with Crippen LogP contribution in [0.25, 0.3) is 0 Å². The van der Waals surface area contributed by atoms with E-state index in [4.69, 9.17) is 11.6 Å². The molecule has 0 spiro atoms. The summed E-state index contributed by atoms with van der Waals surface area (Å²) in [6.07, 6.45) is 10.5. The summed E-state index contributed by atoms with van der Waals surface area (Å²) in [6.45, 7) is 3.14. The molecular weight excluding hydrogens is 236 g/mol. The van der Waals surface area contributed by atoms with Crippen molar-refractivity contribution in [3.05, 3.63) is 5.82 Å². The Morgan fingerprint density at radius 1 is 1.00 bits per heavy atom. The number of unbranched alkanes of at least 4 members (excludes halogenated alkanes) is 7. The summed E-state index contributed by atoms with van der Waals surface area (Å²) in [5.41, 5.74) is 0. The molecule has 0 N–H and O–H groups in total. The Balaban J connectivity index is 1.97. The first-order valence-corrected chi connectivity index (χ1v) is 7.23. The fourth-order valence-corrected chi connectivity index (χ4v) is 2.08. The lowest BCUT2D eigenvalue weighted by Gasteiger charge is -2.03. The molecule has 98 valence electrons. The molecule has 0 atom stereocenters. The van der Waals surface area contributed by atoms with Gasteiger partial charge in [0.2, 0.25) is 0 Å². The molecule has 4 nitrogen and oxygen atoms in total. The van der Waals surface area contributed by atoms with E-state index >= 15 is 0 Å². The van der Waals surface area contributed by atoms with E-state index in [-0.39, 0.29) is 0 Å². The zero-order valence-corrected chi connectivity index (χ0v) is 11.5. The third kappa shape index (κ3) is 6.01. The number of aromatic nitrogens is 4. The molecule has 0 amide bonds.